The number of nitrogens with zero attached hydrogens (tertiary/aromatic N) is 3. The van der Waals surface area contributed by atoms with Gasteiger partial charge in [-0.2, -0.15) is 5.26 Å². The van der Waals surface area contributed by atoms with Crippen LogP contribution >= 0.6 is 0 Å². The Hall–Kier alpha value is -0.640. The first-order chi connectivity index (χ1) is 7.37. The van der Waals surface area contributed by atoms with Crippen LogP contribution in [0.3, 0.4) is 0 Å². The highest BCUT2D eigenvalue weighted by Gasteiger charge is 2.29. The van der Waals surface area contributed by atoms with Crippen LogP contribution in [0.2, 0.25) is 0 Å². The Morgan fingerprint density at radius 2 is 2.25 bits per heavy atom. The molecule has 0 aliphatic carbocycles. The zero-order valence-electron chi connectivity index (χ0n) is 10.0. The van der Waals surface area contributed by atoms with Crippen LogP contribution in [0.1, 0.15) is 13.3 Å². The first kappa shape index (κ1) is 13.4. The van der Waals surface area contributed by atoms with Crippen molar-refractivity contribution in [2.45, 2.75) is 18.6 Å². The molecule has 1 fully saturated rings. The molecule has 0 radical (unpaired) electrons. The molecule has 6 heteroatoms. The number of rotatable bonds is 4. The summed E-state index contributed by atoms with van der Waals surface area (Å²) in [5, 5.41) is 7.70. The summed E-state index contributed by atoms with van der Waals surface area (Å²) in [7, 11) is 0.151. The Kier molecular flexibility index (Phi) is 4.30. The standard InChI is InChI=1S/C10H19N3O2S/c1-9(6-11)16(14,15)13(3)8-10-4-5-12(2)7-10/h9-10H,4-5,7-8H2,1-3H3. The van der Waals surface area contributed by atoms with Gasteiger partial charge in [0.15, 0.2) is 5.25 Å². The van der Waals surface area contributed by atoms with Crippen LogP contribution in [0, 0.1) is 17.2 Å². The molecular formula is C10H19N3O2S. The first-order valence-electron chi connectivity index (χ1n) is 5.41. The zero-order valence-corrected chi connectivity index (χ0v) is 10.9. The van der Waals surface area contributed by atoms with E-state index >= 15 is 0 Å². The Morgan fingerprint density at radius 3 is 2.69 bits per heavy atom. The van der Waals surface area contributed by atoms with Gasteiger partial charge in [-0.05, 0) is 32.9 Å². The van der Waals surface area contributed by atoms with Gasteiger partial charge >= 0.3 is 0 Å². The highest BCUT2D eigenvalue weighted by Crippen LogP contribution is 2.17. The number of hydrogen-bond acceptors (Lipinski definition) is 4. The molecule has 0 aromatic rings. The second kappa shape index (κ2) is 5.13. The number of hydrogen-bond donors (Lipinski definition) is 0. The Balaban J connectivity index is 2.59. The van der Waals surface area contributed by atoms with Crippen molar-refractivity contribution in [3.63, 3.8) is 0 Å². The van der Waals surface area contributed by atoms with E-state index in [-0.39, 0.29) is 0 Å². The molecule has 0 aromatic heterocycles. The van der Waals surface area contributed by atoms with E-state index in [9.17, 15) is 8.42 Å². The average Bonchev–Trinajstić information content (AvgIpc) is 2.62. The van der Waals surface area contributed by atoms with Crippen LogP contribution < -0.4 is 0 Å². The van der Waals surface area contributed by atoms with Gasteiger partial charge in [-0.1, -0.05) is 0 Å². The van der Waals surface area contributed by atoms with Gasteiger partial charge in [0.1, 0.15) is 0 Å². The molecule has 0 saturated carbocycles. The van der Waals surface area contributed by atoms with Gasteiger partial charge < -0.3 is 4.90 Å². The lowest BCUT2D eigenvalue weighted by Gasteiger charge is -2.21. The fourth-order valence-corrected chi connectivity index (χ4v) is 3.07. The first-order valence-corrected chi connectivity index (χ1v) is 6.91. The third-order valence-electron chi connectivity index (χ3n) is 3.07. The molecule has 1 rings (SSSR count). The highest BCUT2D eigenvalue weighted by molar-refractivity contribution is 7.89. The summed E-state index contributed by atoms with van der Waals surface area (Å²) in [6, 6.07) is 1.78. The van der Waals surface area contributed by atoms with Gasteiger partial charge in [-0.25, -0.2) is 12.7 Å². The van der Waals surface area contributed by atoms with E-state index in [1.54, 1.807) is 13.1 Å². The van der Waals surface area contributed by atoms with Gasteiger partial charge in [0.05, 0.1) is 6.07 Å². The van der Waals surface area contributed by atoms with Crippen molar-refractivity contribution in [3.8, 4) is 6.07 Å². The minimum absolute atomic E-state index is 0.385. The lowest BCUT2D eigenvalue weighted by Crippen LogP contribution is -2.37. The van der Waals surface area contributed by atoms with Crippen molar-refractivity contribution in [1.82, 2.24) is 9.21 Å². The minimum atomic E-state index is -3.44. The van der Waals surface area contributed by atoms with E-state index < -0.39 is 15.3 Å². The maximum absolute atomic E-state index is 11.8. The fourth-order valence-electron chi connectivity index (χ4n) is 1.98. The average molecular weight is 245 g/mol. The SMILES string of the molecule is CC(C#N)S(=O)(=O)N(C)CC1CCN(C)C1. The molecule has 0 aromatic carbocycles. The topological polar surface area (TPSA) is 64.4 Å². The van der Waals surface area contributed by atoms with Crippen LogP contribution in [-0.2, 0) is 10.0 Å². The van der Waals surface area contributed by atoms with Crippen LogP contribution in [0.25, 0.3) is 0 Å². The molecule has 1 aliphatic rings. The molecule has 0 spiro atoms. The van der Waals surface area contributed by atoms with Crippen molar-refractivity contribution >= 4 is 10.0 Å². The summed E-state index contributed by atoms with van der Waals surface area (Å²) >= 11 is 0. The smallest absolute Gasteiger partial charge is 0.229 e. The zero-order chi connectivity index (χ0) is 12.3. The maximum Gasteiger partial charge on any atom is 0.229 e. The normalized spacial score (nSPS) is 24.6. The minimum Gasteiger partial charge on any atom is -0.306 e. The Labute approximate surface area is 97.7 Å². The van der Waals surface area contributed by atoms with Crippen LogP contribution in [0.4, 0.5) is 0 Å². The molecule has 2 atom stereocenters. The van der Waals surface area contributed by atoms with E-state index in [2.05, 4.69) is 4.90 Å². The lowest BCUT2D eigenvalue weighted by atomic mass is 10.1. The number of likely N-dealkylation sites (tertiary alicyclic amines) is 1. The third-order valence-corrected chi connectivity index (χ3v) is 5.08. The summed E-state index contributed by atoms with van der Waals surface area (Å²) < 4.78 is 25.0. The predicted molar refractivity (Wildman–Crippen MR) is 62.2 cm³/mol. The Bertz CT molecular complexity index is 374. The summed E-state index contributed by atoms with van der Waals surface area (Å²) in [6.07, 6.45) is 1.03. The monoisotopic (exact) mass is 245 g/mol. The van der Waals surface area contributed by atoms with Crippen molar-refractivity contribution in [2.75, 3.05) is 33.7 Å². The molecule has 0 N–H and O–H groups in total. The highest BCUT2D eigenvalue weighted by atomic mass is 32.2. The van der Waals surface area contributed by atoms with E-state index in [4.69, 9.17) is 5.26 Å². The van der Waals surface area contributed by atoms with Crippen LogP contribution in [-0.4, -0.2) is 56.6 Å². The predicted octanol–water partition coefficient (Wildman–Crippen LogP) is 0.112. The molecule has 1 saturated heterocycles. The van der Waals surface area contributed by atoms with Gasteiger partial charge in [-0.3, -0.25) is 0 Å². The van der Waals surface area contributed by atoms with Gasteiger partial charge in [0.25, 0.3) is 0 Å². The molecule has 0 bridgehead atoms. The van der Waals surface area contributed by atoms with Gasteiger partial charge in [0, 0.05) is 20.1 Å². The Morgan fingerprint density at radius 1 is 1.62 bits per heavy atom. The second-order valence-corrected chi connectivity index (χ2v) is 6.87. The third kappa shape index (κ3) is 2.94. The van der Waals surface area contributed by atoms with Crippen molar-refractivity contribution < 1.29 is 8.42 Å². The van der Waals surface area contributed by atoms with Crippen LogP contribution in [0.5, 0.6) is 0 Å². The quantitative estimate of drug-likeness (QED) is 0.705. The van der Waals surface area contributed by atoms with Crippen molar-refractivity contribution in [1.29, 1.82) is 5.26 Å². The van der Waals surface area contributed by atoms with Gasteiger partial charge in [-0.15, -0.1) is 0 Å². The molecule has 92 valence electrons. The molecule has 1 aliphatic heterocycles. The maximum atomic E-state index is 11.8. The fraction of sp³-hybridized carbons (Fsp3) is 0.900. The van der Waals surface area contributed by atoms with Gasteiger partial charge in [0.2, 0.25) is 10.0 Å². The van der Waals surface area contributed by atoms with Crippen molar-refractivity contribution in [2.24, 2.45) is 5.92 Å². The number of nitriles is 1. The van der Waals surface area contributed by atoms with E-state index in [0.29, 0.717) is 12.5 Å². The second-order valence-electron chi connectivity index (χ2n) is 4.51. The summed E-state index contributed by atoms with van der Waals surface area (Å²) in [4.78, 5) is 2.19. The largest absolute Gasteiger partial charge is 0.306 e. The molecule has 5 nitrogen and oxygen atoms in total. The van der Waals surface area contributed by atoms with Crippen LogP contribution in [0.15, 0.2) is 0 Å². The molecule has 2 unspecified atom stereocenters. The van der Waals surface area contributed by atoms with E-state index in [0.717, 1.165) is 19.5 Å². The van der Waals surface area contributed by atoms with E-state index in [1.165, 1.54) is 11.2 Å². The molecule has 16 heavy (non-hydrogen) atoms. The van der Waals surface area contributed by atoms with E-state index in [1.807, 2.05) is 7.05 Å². The van der Waals surface area contributed by atoms with Crippen molar-refractivity contribution in [3.05, 3.63) is 0 Å². The lowest BCUT2D eigenvalue weighted by molar-refractivity contribution is 0.356. The molecule has 0 amide bonds. The summed E-state index contributed by atoms with van der Waals surface area (Å²) in [6.45, 7) is 3.89. The molecular weight excluding hydrogens is 226 g/mol. The number of sulfonamides is 1. The molecule has 1 heterocycles. The summed E-state index contributed by atoms with van der Waals surface area (Å²) in [5.41, 5.74) is 0. The summed E-state index contributed by atoms with van der Waals surface area (Å²) in [5.74, 6) is 0.385.